The molecule has 0 aromatic heterocycles. The zero-order valence-electron chi connectivity index (χ0n) is 15.2. The van der Waals surface area contributed by atoms with E-state index in [1.54, 1.807) is 6.92 Å². The predicted molar refractivity (Wildman–Crippen MR) is 107 cm³/mol. The lowest BCUT2D eigenvalue weighted by atomic mass is 10.1. The molecule has 0 aliphatic carbocycles. The van der Waals surface area contributed by atoms with Gasteiger partial charge in [0, 0.05) is 12.2 Å². The molecule has 5 nitrogen and oxygen atoms in total. The maximum Gasteiger partial charge on any atom is 0.264 e. The second-order valence-corrected chi connectivity index (χ2v) is 7.52. The van der Waals surface area contributed by atoms with Crippen LogP contribution >= 0.6 is 11.8 Å². The van der Waals surface area contributed by atoms with E-state index in [9.17, 15) is 19.2 Å². The number of rotatable bonds is 5. The van der Waals surface area contributed by atoms with Crippen LogP contribution in [0, 0.1) is 17.1 Å². The monoisotopic (exact) mass is 395 g/mol. The molecule has 0 unspecified atom stereocenters. The zero-order valence-corrected chi connectivity index (χ0v) is 16.0. The summed E-state index contributed by atoms with van der Waals surface area (Å²) in [5.41, 5.74) is 1.36. The van der Waals surface area contributed by atoms with Crippen LogP contribution in [0.5, 0.6) is 0 Å². The molecule has 1 N–H and O–H groups in total. The van der Waals surface area contributed by atoms with Gasteiger partial charge in [-0.2, -0.15) is 5.26 Å². The Morgan fingerprint density at radius 1 is 1.21 bits per heavy atom. The van der Waals surface area contributed by atoms with Crippen LogP contribution in [0.3, 0.4) is 0 Å². The third kappa shape index (κ3) is 4.24. The Labute approximate surface area is 166 Å². The van der Waals surface area contributed by atoms with Gasteiger partial charge in [-0.3, -0.25) is 14.5 Å². The second-order valence-electron chi connectivity index (χ2n) is 6.19. The van der Waals surface area contributed by atoms with Crippen LogP contribution in [-0.4, -0.2) is 23.6 Å². The summed E-state index contributed by atoms with van der Waals surface area (Å²) in [6, 6.07) is 17.0. The van der Waals surface area contributed by atoms with Gasteiger partial charge in [-0.05, 0) is 43.2 Å². The summed E-state index contributed by atoms with van der Waals surface area (Å²) >= 11 is 1.15. The molecule has 142 valence electrons. The summed E-state index contributed by atoms with van der Waals surface area (Å²) in [5, 5.41) is 12.1. The largest absolute Gasteiger partial charge is 0.351 e. The third-order valence-electron chi connectivity index (χ3n) is 4.24. The molecular formula is C21H18FN3O2S. The van der Waals surface area contributed by atoms with Crippen molar-refractivity contribution < 1.29 is 14.0 Å². The van der Waals surface area contributed by atoms with E-state index in [1.165, 1.54) is 29.2 Å². The van der Waals surface area contributed by atoms with Crippen LogP contribution in [-0.2, 0) is 16.0 Å². The number of anilines is 1. The van der Waals surface area contributed by atoms with Crippen molar-refractivity contribution in [2.75, 3.05) is 11.4 Å². The molecule has 1 heterocycles. The lowest BCUT2D eigenvalue weighted by Crippen LogP contribution is -2.31. The standard InChI is InChI=1S/C21H18FN3O2S/c1-14-20(27)25(17-9-7-16(22)8-10-17)21(28-14)18(13-23)19(26)24-12-11-15-5-3-2-4-6-15/h2-10,14H,11-12H2,1H3,(H,24,26)/b21-18+/t14-/m0/s1. The molecule has 3 rings (SSSR count). The van der Waals surface area contributed by atoms with Crippen molar-refractivity contribution in [3.8, 4) is 6.07 Å². The Morgan fingerprint density at radius 3 is 2.54 bits per heavy atom. The first-order valence-corrected chi connectivity index (χ1v) is 9.62. The predicted octanol–water partition coefficient (Wildman–Crippen LogP) is 3.39. The van der Waals surface area contributed by atoms with Crippen LogP contribution in [0.4, 0.5) is 10.1 Å². The Bertz CT molecular complexity index is 952. The van der Waals surface area contributed by atoms with Crippen LogP contribution in [0.2, 0.25) is 0 Å². The Balaban J connectivity index is 1.82. The van der Waals surface area contributed by atoms with E-state index in [2.05, 4.69) is 5.32 Å². The van der Waals surface area contributed by atoms with E-state index in [0.29, 0.717) is 18.7 Å². The fourth-order valence-electron chi connectivity index (χ4n) is 2.81. The number of nitrogens with one attached hydrogen (secondary N) is 1. The molecule has 0 bridgehead atoms. The molecule has 2 aromatic rings. The molecule has 1 fully saturated rings. The molecule has 1 saturated heterocycles. The fourth-order valence-corrected chi connectivity index (χ4v) is 3.91. The molecule has 28 heavy (non-hydrogen) atoms. The highest BCUT2D eigenvalue weighted by Crippen LogP contribution is 2.40. The number of carbonyl (C=O) groups excluding carboxylic acids is 2. The first-order chi connectivity index (χ1) is 13.5. The van der Waals surface area contributed by atoms with E-state index >= 15 is 0 Å². The van der Waals surface area contributed by atoms with Gasteiger partial charge < -0.3 is 5.32 Å². The van der Waals surface area contributed by atoms with Gasteiger partial charge in [-0.1, -0.05) is 42.1 Å². The van der Waals surface area contributed by atoms with Crippen molar-refractivity contribution in [2.24, 2.45) is 0 Å². The van der Waals surface area contributed by atoms with Gasteiger partial charge in [0.1, 0.15) is 22.5 Å². The summed E-state index contributed by atoms with van der Waals surface area (Å²) < 4.78 is 13.2. The van der Waals surface area contributed by atoms with Gasteiger partial charge in [0.05, 0.1) is 5.25 Å². The second kappa shape index (κ2) is 8.72. The minimum atomic E-state index is -0.532. The number of thioether (sulfide) groups is 1. The minimum absolute atomic E-state index is 0.125. The van der Waals surface area contributed by atoms with Gasteiger partial charge in [0.2, 0.25) is 5.91 Å². The Hall–Kier alpha value is -3.11. The SMILES string of the molecule is C[C@@H]1S/C(=C(\C#N)C(=O)NCCc2ccccc2)N(c2ccc(F)cc2)C1=O. The number of amides is 2. The first kappa shape index (κ1) is 19.6. The van der Waals surface area contributed by atoms with Crippen molar-refractivity contribution in [1.29, 1.82) is 5.26 Å². The lowest BCUT2D eigenvalue weighted by Gasteiger charge is -2.18. The summed E-state index contributed by atoms with van der Waals surface area (Å²) in [6.45, 7) is 2.07. The highest BCUT2D eigenvalue weighted by molar-refractivity contribution is 8.05. The van der Waals surface area contributed by atoms with Crippen molar-refractivity contribution in [2.45, 2.75) is 18.6 Å². The topological polar surface area (TPSA) is 73.2 Å². The fraction of sp³-hybridized carbons (Fsp3) is 0.190. The van der Waals surface area contributed by atoms with Crippen molar-refractivity contribution in [3.05, 3.63) is 76.6 Å². The van der Waals surface area contributed by atoms with Gasteiger partial charge >= 0.3 is 0 Å². The molecule has 0 radical (unpaired) electrons. The molecule has 1 aliphatic heterocycles. The van der Waals surface area contributed by atoms with Gasteiger partial charge in [0.15, 0.2) is 0 Å². The van der Waals surface area contributed by atoms with Gasteiger partial charge in [-0.15, -0.1) is 0 Å². The number of carbonyl (C=O) groups is 2. The van der Waals surface area contributed by atoms with E-state index < -0.39 is 17.0 Å². The summed E-state index contributed by atoms with van der Waals surface area (Å²) in [4.78, 5) is 26.5. The maximum absolute atomic E-state index is 13.2. The van der Waals surface area contributed by atoms with Crippen LogP contribution in [0.1, 0.15) is 12.5 Å². The quantitative estimate of drug-likeness (QED) is 0.622. The zero-order chi connectivity index (χ0) is 20.1. The molecule has 0 saturated carbocycles. The molecule has 7 heteroatoms. The average molecular weight is 395 g/mol. The normalized spacial score (nSPS) is 18.0. The molecule has 1 atom stereocenters. The third-order valence-corrected chi connectivity index (χ3v) is 5.40. The molecule has 2 amide bonds. The van der Waals surface area contributed by atoms with Crippen molar-refractivity contribution >= 4 is 29.3 Å². The van der Waals surface area contributed by atoms with Crippen LogP contribution < -0.4 is 10.2 Å². The lowest BCUT2D eigenvalue weighted by molar-refractivity contribution is -0.117. The van der Waals surface area contributed by atoms with Crippen molar-refractivity contribution in [1.82, 2.24) is 5.32 Å². The Morgan fingerprint density at radius 2 is 1.89 bits per heavy atom. The van der Waals surface area contributed by atoms with E-state index in [0.717, 1.165) is 17.3 Å². The number of nitrogens with zero attached hydrogens (tertiary/aromatic N) is 2. The number of halogens is 1. The summed E-state index contributed by atoms with van der Waals surface area (Å²) in [6.07, 6.45) is 0.630. The molecular weight excluding hydrogens is 377 g/mol. The van der Waals surface area contributed by atoms with E-state index in [1.807, 2.05) is 36.4 Å². The van der Waals surface area contributed by atoms with Gasteiger partial charge in [-0.25, -0.2) is 4.39 Å². The number of hydrogen-bond acceptors (Lipinski definition) is 4. The van der Waals surface area contributed by atoms with E-state index in [4.69, 9.17) is 0 Å². The summed E-state index contributed by atoms with van der Waals surface area (Å²) in [5.74, 6) is -1.22. The molecule has 0 spiro atoms. The highest BCUT2D eigenvalue weighted by atomic mass is 32.2. The first-order valence-electron chi connectivity index (χ1n) is 8.74. The van der Waals surface area contributed by atoms with Crippen LogP contribution in [0.15, 0.2) is 65.2 Å². The van der Waals surface area contributed by atoms with Gasteiger partial charge in [0.25, 0.3) is 5.91 Å². The maximum atomic E-state index is 13.2. The number of hydrogen-bond donors (Lipinski definition) is 1. The number of benzene rings is 2. The van der Waals surface area contributed by atoms with Crippen molar-refractivity contribution in [3.63, 3.8) is 0 Å². The van der Waals surface area contributed by atoms with Crippen LogP contribution in [0.25, 0.3) is 0 Å². The number of nitriles is 1. The average Bonchev–Trinajstić information content (AvgIpc) is 2.98. The smallest absolute Gasteiger partial charge is 0.264 e. The molecule has 2 aromatic carbocycles. The molecule has 1 aliphatic rings. The Kier molecular flexibility index (Phi) is 6.12. The summed E-state index contributed by atoms with van der Waals surface area (Å²) in [7, 11) is 0. The van der Waals surface area contributed by atoms with E-state index in [-0.39, 0.29) is 16.5 Å². The minimum Gasteiger partial charge on any atom is -0.351 e. The highest BCUT2D eigenvalue weighted by Gasteiger charge is 2.38.